The third kappa shape index (κ3) is 2.79. The molecule has 0 spiro atoms. The van der Waals surface area contributed by atoms with E-state index in [0.717, 1.165) is 18.6 Å². The van der Waals surface area contributed by atoms with Crippen LogP contribution >= 0.6 is 0 Å². The van der Waals surface area contributed by atoms with Crippen molar-refractivity contribution in [2.45, 2.75) is 18.6 Å². The van der Waals surface area contributed by atoms with Gasteiger partial charge < -0.3 is 10.5 Å². The fraction of sp³-hybridized carbons (Fsp3) is 0.500. The Bertz CT molecular complexity index is 386. The third-order valence-electron chi connectivity index (χ3n) is 3.07. The average molecular weight is 245 g/mol. The summed E-state index contributed by atoms with van der Waals surface area (Å²) in [5, 5.41) is 0. The maximum atomic E-state index is 12.5. The Balaban J connectivity index is 2.20. The van der Waals surface area contributed by atoms with Crippen molar-refractivity contribution in [2.24, 2.45) is 11.7 Å². The minimum Gasteiger partial charge on any atom is -0.381 e. The van der Waals surface area contributed by atoms with Crippen LogP contribution in [-0.4, -0.2) is 13.2 Å². The summed E-state index contributed by atoms with van der Waals surface area (Å²) in [6, 6.07) is 4.83. The van der Waals surface area contributed by atoms with E-state index in [1.165, 1.54) is 6.07 Å². The van der Waals surface area contributed by atoms with Crippen molar-refractivity contribution in [2.75, 3.05) is 13.2 Å². The van der Waals surface area contributed by atoms with E-state index >= 15 is 0 Å². The Labute approximate surface area is 97.6 Å². The van der Waals surface area contributed by atoms with E-state index in [1.54, 1.807) is 6.07 Å². The van der Waals surface area contributed by atoms with Crippen molar-refractivity contribution < 1.29 is 17.9 Å². The van der Waals surface area contributed by atoms with Crippen LogP contribution in [0.2, 0.25) is 0 Å². The molecule has 0 radical (unpaired) electrons. The zero-order valence-electron chi connectivity index (χ0n) is 9.20. The van der Waals surface area contributed by atoms with Crippen LogP contribution in [0.3, 0.4) is 0 Å². The first-order chi connectivity index (χ1) is 7.98. The molecule has 1 saturated heterocycles. The van der Waals surface area contributed by atoms with Crippen molar-refractivity contribution in [1.82, 2.24) is 0 Å². The number of ether oxygens (including phenoxy) is 1. The van der Waals surface area contributed by atoms with E-state index in [-0.39, 0.29) is 12.0 Å². The highest BCUT2D eigenvalue weighted by Gasteiger charge is 2.31. The molecule has 1 aliphatic heterocycles. The van der Waals surface area contributed by atoms with Crippen molar-refractivity contribution in [3.05, 3.63) is 35.4 Å². The molecule has 0 bridgehead atoms. The summed E-state index contributed by atoms with van der Waals surface area (Å²) in [6.45, 7) is 1.16. The predicted molar refractivity (Wildman–Crippen MR) is 57.3 cm³/mol. The molecule has 1 heterocycles. The number of alkyl halides is 3. The highest BCUT2D eigenvalue weighted by molar-refractivity contribution is 5.28. The Kier molecular flexibility index (Phi) is 3.40. The van der Waals surface area contributed by atoms with E-state index in [1.807, 2.05) is 0 Å². The molecular formula is C12H14F3NO. The summed E-state index contributed by atoms with van der Waals surface area (Å²) in [4.78, 5) is 0. The lowest BCUT2D eigenvalue weighted by Crippen LogP contribution is -2.22. The lowest BCUT2D eigenvalue weighted by molar-refractivity contribution is -0.137. The SMILES string of the molecule is NC(c1cccc(C(F)(F)F)c1)C1CCOC1. The van der Waals surface area contributed by atoms with Crippen molar-refractivity contribution >= 4 is 0 Å². The van der Waals surface area contributed by atoms with Gasteiger partial charge in [-0.1, -0.05) is 12.1 Å². The standard InChI is InChI=1S/C12H14F3NO/c13-12(14,15)10-3-1-2-8(6-10)11(16)9-4-5-17-7-9/h1-3,6,9,11H,4-5,7,16H2. The zero-order chi connectivity index (χ0) is 12.5. The molecule has 0 aromatic heterocycles. The number of rotatable bonds is 2. The third-order valence-corrected chi connectivity index (χ3v) is 3.07. The van der Waals surface area contributed by atoms with Crippen LogP contribution in [0.1, 0.15) is 23.6 Å². The van der Waals surface area contributed by atoms with E-state index in [0.29, 0.717) is 18.8 Å². The summed E-state index contributed by atoms with van der Waals surface area (Å²) >= 11 is 0. The average Bonchev–Trinajstić information content (AvgIpc) is 2.80. The van der Waals surface area contributed by atoms with Gasteiger partial charge in [-0.3, -0.25) is 0 Å². The highest BCUT2D eigenvalue weighted by Crippen LogP contribution is 2.33. The number of benzene rings is 1. The number of halogens is 3. The first kappa shape index (κ1) is 12.4. The van der Waals surface area contributed by atoms with Crippen LogP contribution in [0, 0.1) is 5.92 Å². The fourth-order valence-electron chi connectivity index (χ4n) is 2.03. The van der Waals surface area contributed by atoms with Gasteiger partial charge in [0.15, 0.2) is 0 Å². The van der Waals surface area contributed by atoms with Gasteiger partial charge in [-0.2, -0.15) is 13.2 Å². The van der Waals surface area contributed by atoms with Gasteiger partial charge in [-0.05, 0) is 24.1 Å². The van der Waals surface area contributed by atoms with Crippen LogP contribution in [0.4, 0.5) is 13.2 Å². The molecule has 2 N–H and O–H groups in total. The molecule has 0 aliphatic carbocycles. The second kappa shape index (κ2) is 4.66. The van der Waals surface area contributed by atoms with Gasteiger partial charge in [0.25, 0.3) is 0 Å². The lowest BCUT2D eigenvalue weighted by Gasteiger charge is -2.19. The molecule has 2 unspecified atom stereocenters. The number of hydrogen-bond donors (Lipinski definition) is 1. The van der Waals surface area contributed by atoms with Gasteiger partial charge >= 0.3 is 6.18 Å². The molecular weight excluding hydrogens is 231 g/mol. The van der Waals surface area contributed by atoms with Gasteiger partial charge in [0.1, 0.15) is 0 Å². The molecule has 2 nitrogen and oxygen atoms in total. The van der Waals surface area contributed by atoms with Gasteiger partial charge in [0, 0.05) is 18.6 Å². The molecule has 0 amide bonds. The van der Waals surface area contributed by atoms with Crippen molar-refractivity contribution in [1.29, 1.82) is 0 Å². The Morgan fingerprint density at radius 1 is 1.35 bits per heavy atom. The van der Waals surface area contributed by atoms with Crippen LogP contribution in [-0.2, 0) is 10.9 Å². The molecule has 2 rings (SSSR count). The predicted octanol–water partition coefficient (Wildman–Crippen LogP) is 2.74. The summed E-state index contributed by atoms with van der Waals surface area (Å²) in [5.41, 5.74) is 5.84. The molecule has 94 valence electrons. The van der Waals surface area contributed by atoms with Crippen molar-refractivity contribution in [3.63, 3.8) is 0 Å². The highest BCUT2D eigenvalue weighted by atomic mass is 19.4. The Hall–Kier alpha value is -1.07. The molecule has 0 saturated carbocycles. The van der Waals surface area contributed by atoms with Gasteiger partial charge in [0.05, 0.1) is 12.2 Å². The van der Waals surface area contributed by atoms with Gasteiger partial charge in [0.2, 0.25) is 0 Å². The summed E-state index contributed by atoms with van der Waals surface area (Å²) in [6.07, 6.45) is -3.51. The first-order valence-electron chi connectivity index (χ1n) is 5.49. The van der Waals surface area contributed by atoms with E-state index in [4.69, 9.17) is 10.5 Å². The minimum absolute atomic E-state index is 0.110. The summed E-state index contributed by atoms with van der Waals surface area (Å²) < 4.78 is 42.8. The Morgan fingerprint density at radius 3 is 2.71 bits per heavy atom. The van der Waals surface area contributed by atoms with Crippen LogP contribution in [0.25, 0.3) is 0 Å². The number of hydrogen-bond acceptors (Lipinski definition) is 2. The lowest BCUT2D eigenvalue weighted by atomic mass is 9.92. The summed E-state index contributed by atoms with van der Waals surface area (Å²) in [5.74, 6) is 0.110. The topological polar surface area (TPSA) is 35.2 Å². The minimum atomic E-state index is -4.32. The molecule has 1 aromatic carbocycles. The van der Waals surface area contributed by atoms with Gasteiger partial charge in [-0.25, -0.2) is 0 Å². The zero-order valence-corrected chi connectivity index (χ0v) is 9.20. The largest absolute Gasteiger partial charge is 0.416 e. The quantitative estimate of drug-likeness (QED) is 0.869. The first-order valence-corrected chi connectivity index (χ1v) is 5.49. The van der Waals surface area contributed by atoms with Gasteiger partial charge in [-0.15, -0.1) is 0 Å². The van der Waals surface area contributed by atoms with E-state index in [2.05, 4.69) is 0 Å². The van der Waals surface area contributed by atoms with E-state index in [9.17, 15) is 13.2 Å². The van der Waals surface area contributed by atoms with Crippen molar-refractivity contribution in [3.8, 4) is 0 Å². The second-order valence-corrected chi connectivity index (χ2v) is 4.27. The molecule has 2 atom stereocenters. The monoisotopic (exact) mass is 245 g/mol. The summed E-state index contributed by atoms with van der Waals surface area (Å²) in [7, 11) is 0. The fourth-order valence-corrected chi connectivity index (χ4v) is 2.03. The molecule has 5 heteroatoms. The Morgan fingerprint density at radius 2 is 2.12 bits per heavy atom. The normalized spacial score (nSPS) is 22.7. The molecule has 17 heavy (non-hydrogen) atoms. The maximum absolute atomic E-state index is 12.5. The second-order valence-electron chi connectivity index (χ2n) is 4.27. The van der Waals surface area contributed by atoms with Crippen LogP contribution < -0.4 is 5.73 Å². The molecule has 1 aromatic rings. The van der Waals surface area contributed by atoms with Crippen LogP contribution in [0.15, 0.2) is 24.3 Å². The number of nitrogens with two attached hydrogens (primary N) is 1. The van der Waals surface area contributed by atoms with Crippen LogP contribution in [0.5, 0.6) is 0 Å². The smallest absolute Gasteiger partial charge is 0.381 e. The molecule has 1 aliphatic rings. The van der Waals surface area contributed by atoms with E-state index < -0.39 is 11.7 Å². The maximum Gasteiger partial charge on any atom is 0.416 e. The molecule has 1 fully saturated rings.